The van der Waals surface area contributed by atoms with E-state index in [1.165, 1.54) is 0 Å². The molecule has 1 aliphatic carbocycles. The van der Waals surface area contributed by atoms with Crippen LogP contribution in [-0.2, 0) is 40.5 Å². The molecule has 0 heterocycles. The third kappa shape index (κ3) is 13.7. The van der Waals surface area contributed by atoms with Gasteiger partial charge < -0.3 is 9.47 Å². The zero-order valence-electron chi connectivity index (χ0n) is 9.99. The smallest absolute Gasteiger partial charge is 0 e. The minimum absolute atomic E-state index is 0. The van der Waals surface area contributed by atoms with E-state index in [1.807, 2.05) is 32.6 Å². The summed E-state index contributed by atoms with van der Waals surface area (Å²) in [6, 6.07) is 0. The van der Waals surface area contributed by atoms with Crippen LogP contribution < -0.4 is 0 Å². The van der Waals surface area contributed by atoms with Gasteiger partial charge in [-0.2, -0.15) is 0 Å². The maximum atomic E-state index is 7.50. The van der Waals surface area contributed by atoms with Gasteiger partial charge in [0.2, 0.25) is 0 Å². The molecular formula is C12H13FeO5. The number of hydrogen-bond donors (Lipinski definition) is 0. The van der Waals surface area contributed by atoms with Gasteiger partial charge in [-0.15, -0.1) is 0 Å². The molecule has 0 N–H and O–H groups in total. The maximum Gasteiger partial charge on any atom is 0 e. The Labute approximate surface area is 119 Å². The van der Waals surface area contributed by atoms with Gasteiger partial charge >= 0.3 is 33.9 Å². The standard InChI is InChI=1S/C9H13O2.3CO.Fe/c1-3-11-9-7-5-4-6-8(9)10-2;3*1-2;/h4-8H,3H2,1-2H3;;;;/t8-;;;;/m0..../s1. The van der Waals surface area contributed by atoms with E-state index in [2.05, 4.69) is 20.0 Å². The number of hydrogen-bond acceptors (Lipinski definition) is 2. The van der Waals surface area contributed by atoms with E-state index in [9.17, 15) is 0 Å². The molecule has 5 radical (unpaired) electrons. The second-order valence-corrected chi connectivity index (χ2v) is 2.24. The zero-order chi connectivity index (χ0) is 14.1. The third-order valence-corrected chi connectivity index (χ3v) is 1.50. The van der Waals surface area contributed by atoms with Crippen molar-refractivity contribution in [3.8, 4) is 0 Å². The summed E-state index contributed by atoms with van der Waals surface area (Å²) in [6.07, 6.45) is 8.68. The van der Waals surface area contributed by atoms with Gasteiger partial charge in [0.15, 0.2) is 0 Å². The van der Waals surface area contributed by atoms with Crippen molar-refractivity contribution in [3.63, 3.8) is 0 Å². The van der Waals surface area contributed by atoms with Crippen LogP contribution in [0.4, 0.5) is 0 Å². The van der Waals surface area contributed by atoms with Gasteiger partial charge in [0.1, 0.15) is 6.10 Å². The van der Waals surface area contributed by atoms with Crippen LogP contribution in [0.2, 0.25) is 0 Å². The van der Waals surface area contributed by atoms with E-state index in [4.69, 9.17) is 23.4 Å². The minimum atomic E-state index is -0.0000463. The topological polar surface area (TPSA) is 78.2 Å². The van der Waals surface area contributed by atoms with Gasteiger partial charge in [0, 0.05) is 37.2 Å². The minimum Gasteiger partial charge on any atom is 0 e. The van der Waals surface area contributed by atoms with E-state index >= 15 is 0 Å². The second kappa shape index (κ2) is 25.5. The van der Waals surface area contributed by atoms with Gasteiger partial charge in [-0.05, 0) is 26.2 Å². The quantitative estimate of drug-likeness (QED) is 0.446. The predicted molar refractivity (Wildman–Crippen MR) is 54.7 cm³/mol. The Morgan fingerprint density at radius 1 is 1.11 bits per heavy atom. The second-order valence-electron chi connectivity index (χ2n) is 2.24. The first-order chi connectivity index (χ1) is 8.38. The molecule has 0 bridgehead atoms. The summed E-state index contributed by atoms with van der Waals surface area (Å²) in [6.45, 7) is 16.2. The van der Waals surface area contributed by atoms with Crippen LogP contribution in [0.15, 0.2) is 0 Å². The third-order valence-electron chi connectivity index (χ3n) is 1.50. The molecule has 1 rings (SSSR count). The summed E-state index contributed by atoms with van der Waals surface area (Å²) >= 11 is 0. The first kappa shape index (κ1) is 26.3. The van der Waals surface area contributed by atoms with Crippen molar-refractivity contribution in [1.82, 2.24) is 0 Å². The molecular weight excluding hydrogens is 280 g/mol. The zero-order valence-corrected chi connectivity index (χ0v) is 11.1. The van der Waals surface area contributed by atoms with Gasteiger partial charge in [-0.1, -0.05) is 0 Å². The van der Waals surface area contributed by atoms with Crippen molar-refractivity contribution in [1.29, 1.82) is 0 Å². The van der Waals surface area contributed by atoms with Crippen LogP contribution in [0.25, 0.3) is 0 Å². The molecule has 5 nitrogen and oxygen atoms in total. The van der Waals surface area contributed by atoms with Gasteiger partial charge in [-0.3, -0.25) is 0 Å². The fraction of sp³-hybridized carbons (Fsp3) is 0.333. The van der Waals surface area contributed by atoms with Crippen LogP contribution in [0, 0.1) is 51.7 Å². The Hall–Kier alpha value is -0.341. The van der Waals surface area contributed by atoms with Crippen LogP contribution in [-0.4, -0.2) is 19.8 Å². The summed E-state index contributed by atoms with van der Waals surface area (Å²) < 4.78 is 33.0. The molecule has 0 saturated heterocycles. The molecule has 0 aromatic rings. The Balaban J connectivity index is -0.000000123. The van der Waals surface area contributed by atoms with Gasteiger partial charge in [0.25, 0.3) is 0 Å². The van der Waals surface area contributed by atoms with Crippen LogP contribution in [0.3, 0.4) is 0 Å². The average molecular weight is 293 g/mol. The molecule has 1 atom stereocenters. The van der Waals surface area contributed by atoms with Crippen molar-refractivity contribution in [3.05, 3.63) is 51.7 Å². The normalized spacial score (nSPS) is 17.0. The molecule has 0 aromatic carbocycles. The summed E-state index contributed by atoms with van der Waals surface area (Å²) in [4.78, 5) is 0. The maximum absolute atomic E-state index is 7.50. The first-order valence-electron chi connectivity index (χ1n) is 4.37. The number of ether oxygens (including phenoxy) is 2. The fourth-order valence-electron chi connectivity index (χ4n) is 0.997. The molecule has 0 aliphatic heterocycles. The molecule has 1 aliphatic rings. The van der Waals surface area contributed by atoms with Crippen molar-refractivity contribution in [2.24, 2.45) is 0 Å². The van der Waals surface area contributed by atoms with Crippen molar-refractivity contribution in [2.75, 3.05) is 13.7 Å². The summed E-state index contributed by atoms with van der Waals surface area (Å²) in [7, 11) is 1.67. The van der Waals surface area contributed by atoms with Crippen molar-refractivity contribution >= 4 is 0 Å². The molecule has 99 valence electrons. The van der Waals surface area contributed by atoms with E-state index in [-0.39, 0.29) is 23.2 Å². The molecule has 0 spiro atoms. The molecule has 0 aromatic heterocycles. The van der Waals surface area contributed by atoms with E-state index in [0.717, 1.165) is 6.10 Å². The van der Waals surface area contributed by atoms with Crippen LogP contribution in [0.5, 0.6) is 0 Å². The Morgan fingerprint density at radius 2 is 1.61 bits per heavy atom. The SMILES string of the molecule is CCO[C]1[CH][CH][CH][CH][C@@H]1OC.[C-]#[O+].[C-]#[O+].[C-]#[O+].[Fe]. The van der Waals surface area contributed by atoms with Gasteiger partial charge in [-0.25, -0.2) is 0 Å². The van der Waals surface area contributed by atoms with E-state index in [1.54, 1.807) is 7.11 Å². The summed E-state index contributed by atoms with van der Waals surface area (Å²) in [5.41, 5.74) is 0. The van der Waals surface area contributed by atoms with E-state index in [0.29, 0.717) is 6.61 Å². The van der Waals surface area contributed by atoms with Crippen LogP contribution >= 0.6 is 0 Å². The Bertz CT molecular complexity index is 186. The fourth-order valence-corrected chi connectivity index (χ4v) is 0.997. The largest absolute Gasteiger partial charge is 0 e. The molecule has 0 unspecified atom stereocenters. The first-order valence-corrected chi connectivity index (χ1v) is 4.37. The number of methoxy groups -OCH3 is 1. The molecule has 18 heavy (non-hydrogen) atoms. The van der Waals surface area contributed by atoms with Crippen molar-refractivity contribution in [2.45, 2.75) is 13.0 Å². The van der Waals surface area contributed by atoms with Crippen molar-refractivity contribution < 1.29 is 40.5 Å². The van der Waals surface area contributed by atoms with E-state index < -0.39 is 0 Å². The summed E-state index contributed by atoms with van der Waals surface area (Å²) in [5.74, 6) is 0. The molecule has 0 amide bonds. The molecule has 1 fully saturated rings. The molecule has 1 saturated carbocycles. The van der Waals surface area contributed by atoms with Crippen LogP contribution in [0.1, 0.15) is 6.92 Å². The Morgan fingerprint density at radius 3 is 2.00 bits per heavy atom. The Kier molecular flexibility index (Phi) is 37.2. The molecule has 6 heteroatoms. The average Bonchev–Trinajstić information content (AvgIpc) is 2.46. The van der Waals surface area contributed by atoms with Gasteiger partial charge in [0.05, 0.1) is 6.10 Å². The predicted octanol–water partition coefficient (Wildman–Crippen LogP) is 1.29. The number of rotatable bonds is 3. The summed E-state index contributed by atoms with van der Waals surface area (Å²) in [5, 5.41) is 0. The monoisotopic (exact) mass is 293 g/mol.